The van der Waals surface area contributed by atoms with E-state index < -0.39 is 0 Å². The number of nitrogens with zero attached hydrogens (tertiary/aromatic N) is 6. The Hall–Kier alpha value is -2.98. The van der Waals surface area contributed by atoms with Crippen molar-refractivity contribution < 1.29 is 20.8 Å². The second kappa shape index (κ2) is 13.3. The maximum absolute atomic E-state index is 8.99. The topological polar surface area (TPSA) is 137 Å². The molecule has 30 heavy (non-hydrogen) atoms. The van der Waals surface area contributed by atoms with Gasteiger partial charge in [0.1, 0.15) is 0 Å². The molecule has 0 unspecified atom stereocenters. The minimum absolute atomic E-state index is 0.429. The van der Waals surface area contributed by atoms with Gasteiger partial charge in [-0.1, -0.05) is 44.9 Å². The van der Waals surface area contributed by atoms with Crippen molar-refractivity contribution in [1.82, 2.24) is 9.80 Å². The first-order chi connectivity index (χ1) is 14.3. The molecule has 0 aliphatic carbocycles. The lowest BCUT2D eigenvalue weighted by Crippen LogP contribution is -2.33. The van der Waals surface area contributed by atoms with E-state index in [1.807, 2.05) is 28.0 Å². The van der Waals surface area contributed by atoms with E-state index in [9.17, 15) is 0 Å². The van der Waals surface area contributed by atoms with Crippen LogP contribution in [0.5, 0.6) is 0 Å². The number of hydrogen-bond acceptors (Lipinski definition) is 10. The Bertz CT molecular complexity index is 690. The molecule has 0 amide bonds. The average molecular weight is 421 g/mol. The van der Waals surface area contributed by atoms with Crippen molar-refractivity contribution in [3.63, 3.8) is 0 Å². The Balaban J connectivity index is 2.98. The molecule has 0 fully saturated rings. The first-order valence-corrected chi connectivity index (χ1v) is 9.53. The van der Waals surface area contributed by atoms with E-state index in [1.165, 1.54) is 0 Å². The molecule has 1 rings (SSSR count). The van der Waals surface area contributed by atoms with Gasteiger partial charge in [0.15, 0.2) is 0 Å². The number of benzene rings is 1. The van der Waals surface area contributed by atoms with Crippen LogP contribution in [0.3, 0.4) is 0 Å². The minimum Gasteiger partial charge on any atom is -0.411 e. The molecule has 0 atom stereocenters. The fourth-order valence-corrected chi connectivity index (χ4v) is 3.10. The van der Waals surface area contributed by atoms with Crippen molar-refractivity contribution in [2.75, 3.05) is 26.2 Å². The van der Waals surface area contributed by atoms with Gasteiger partial charge in [-0.15, -0.1) is 0 Å². The first-order valence-electron chi connectivity index (χ1n) is 9.53. The molecule has 4 N–H and O–H groups in total. The standard InChI is InChI=1S/C20H32N6O4/c1-15(21-27)9-25(10-16(2)22-28)13-19-6-5-7-20(8-19)14-26(11-17(3)23-29)12-18(4)24-30/h5-8,27-30H,9-14H2,1-4H3/b21-15+,22-16+,23-17+,24-18+. The maximum Gasteiger partial charge on any atom is 0.0680 e. The summed E-state index contributed by atoms with van der Waals surface area (Å²) in [7, 11) is 0. The summed E-state index contributed by atoms with van der Waals surface area (Å²) in [5.74, 6) is 0. The van der Waals surface area contributed by atoms with E-state index in [0.29, 0.717) is 62.1 Å². The molecule has 0 radical (unpaired) electrons. The zero-order chi connectivity index (χ0) is 22.5. The van der Waals surface area contributed by atoms with Gasteiger partial charge in [0.2, 0.25) is 0 Å². The van der Waals surface area contributed by atoms with Crippen LogP contribution in [-0.2, 0) is 13.1 Å². The molecule has 0 aromatic heterocycles. The smallest absolute Gasteiger partial charge is 0.0680 e. The van der Waals surface area contributed by atoms with Crippen molar-refractivity contribution in [2.24, 2.45) is 20.6 Å². The quantitative estimate of drug-likeness (QED) is 0.233. The van der Waals surface area contributed by atoms with E-state index in [2.05, 4.69) is 26.7 Å². The van der Waals surface area contributed by atoms with Gasteiger partial charge in [0.25, 0.3) is 0 Å². The zero-order valence-corrected chi connectivity index (χ0v) is 18.0. The molecule has 10 heteroatoms. The van der Waals surface area contributed by atoms with Crippen LogP contribution in [-0.4, -0.2) is 79.7 Å². The second-order valence-electron chi connectivity index (χ2n) is 7.45. The Kier molecular flexibility index (Phi) is 11.1. The maximum atomic E-state index is 8.99. The van der Waals surface area contributed by atoms with Crippen molar-refractivity contribution in [1.29, 1.82) is 0 Å². The fourth-order valence-electron chi connectivity index (χ4n) is 3.10. The van der Waals surface area contributed by atoms with E-state index in [0.717, 1.165) is 11.1 Å². The van der Waals surface area contributed by atoms with E-state index in [4.69, 9.17) is 20.8 Å². The van der Waals surface area contributed by atoms with E-state index in [1.54, 1.807) is 27.7 Å². The molecular weight excluding hydrogens is 388 g/mol. The van der Waals surface area contributed by atoms with Gasteiger partial charge in [-0.05, 0) is 38.8 Å². The van der Waals surface area contributed by atoms with Gasteiger partial charge in [-0.25, -0.2) is 0 Å². The SMILES string of the molecule is C/C(CN(C/C(C)=N/O)Cc1cccc(CN(C/C(C)=N/O)C/C(C)=N/O)c1)=N\O. The van der Waals surface area contributed by atoms with Gasteiger partial charge >= 0.3 is 0 Å². The molecule has 0 spiro atoms. The number of hydrogen-bond donors (Lipinski definition) is 4. The minimum atomic E-state index is 0.429. The Labute approximate surface area is 177 Å². The highest BCUT2D eigenvalue weighted by Crippen LogP contribution is 2.12. The molecule has 0 saturated carbocycles. The summed E-state index contributed by atoms with van der Waals surface area (Å²) < 4.78 is 0. The molecular formula is C20H32N6O4. The van der Waals surface area contributed by atoms with Crippen LogP contribution in [0.25, 0.3) is 0 Å². The van der Waals surface area contributed by atoms with Gasteiger partial charge in [-0.2, -0.15) is 0 Å². The normalized spacial score (nSPS) is 14.1. The molecule has 1 aromatic rings. The number of rotatable bonds is 12. The molecule has 0 bridgehead atoms. The van der Waals surface area contributed by atoms with Crippen LogP contribution in [0.15, 0.2) is 44.9 Å². The van der Waals surface area contributed by atoms with Crippen LogP contribution in [0, 0.1) is 0 Å². The summed E-state index contributed by atoms with van der Waals surface area (Å²) in [6.45, 7) is 9.76. The Morgan fingerprint density at radius 1 is 0.633 bits per heavy atom. The van der Waals surface area contributed by atoms with Crippen molar-refractivity contribution >= 4 is 22.8 Å². The largest absolute Gasteiger partial charge is 0.411 e. The van der Waals surface area contributed by atoms with Crippen molar-refractivity contribution in [3.8, 4) is 0 Å². The lowest BCUT2D eigenvalue weighted by Gasteiger charge is -2.23. The Morgan fingerprint density at radius 2 is 0.933 bits per heavy atom. The highest BCUT2D eigenvalue weighted by Gasteiger charge is 2.13. The third-order valence-electron chi connectivity index (χ3n) is 4.30. The van der Waals surface area contributed by atoms with Crippen LogP contribution < -0.4 is 0 Å². The fraction of sp³-hybridized carbons (Fsp3) is 0.500. The van der Waals surface area contributed by atoms with E-state index >= 15 is 0 Å². The average Bonchev–Trinajstić information content (AvgIpc) is 2.73. The molecule has 1 aromatic carbocycles. The van der Waals surface area contributed by atoms with Gasteiger partial charge in [0.05, 0.1) is 22.8 Å². The molecule has 0 saturated heterocycles. The van der Waals surface area contributed by atoms with Crippen LogP contribution in [0.4, 0.5) is 0 Å². The molecule has 166 valence electrons. The van der Waals surface area contributed by atoms with Crippen LogP contribution in [0.2, 0.25) is 0 Å². The van der Waals surface area contributed by atoms with Gasteiger partial charge in [-0.3, -0.25) is 9.80 Å². The third-order valence-corrected chi connectivity index (χ3v) is 4.30. The lowest BCUT2D eigenvalue weighted by atomic mass is 10.1. The predicted molar refractivity (Wildman–Crippen MR) is 117 cm³/mol. The highest BCUT2D eigenvalue weighted by molar-refractivity contribution is 5.86. The Morgan fingerprint density at radius 3 is 1.20 bits per heavy atom. The second-order valence-corrected chi connectivity index (χ2v) is 7.45. The van der Waals surface area contributed by atoms with Crippen molar-refractivity contribution in [2.45, 2.75) is 40.8 Å². The van der Waals surface area contributed by atoms with E-state index in [-0.39, 0.29) is 0 Å². The molecule has 10 nitrogen and oxygen atoms in total. The van der Waals surface area contributed by atoms with Crippen LogP contribution in [0.1, 0.15) is 38.8 Å². The van der Waals surface area contributed by atoms with Gasteiger partial charge < -0.3 is 20.8 Å². The summed E-state index contributed by atoms with van der Waals surface area (Å²) in [4.78, 5) is 4.01. The summed E-state index contributed by atoms with van der Waals surface area (Å²) in [6, 6.07) is 8.02. The van der Waals surface area contributed by atoms with Gasteiger partial charge in [0, 0.05) is 39.3 Å². The first kappa shape index (κ1) is 25.1. The number of oxime groups is 4. The molecule has 0 aliphatic heterocycles. The summed E-state index contributed by atoms with van der Waals surface area (Å²) >= 11 is 0. The van der Waals surface area contributed by atoms with Crippen LogP contribution >= 0.6 is 0 Å². The zero-order valence-electron chi connectivity index (χ0n) is 18.0. The monoisotopic (exact) mass is 420 g/mol. The summed E-state index contributed by atoms with van der Waals surface area (Å²) in [6.07, 6.45) is 0. The lowest BCUT2D eigenvalue weighted by molar-refractivity contribution is 0.294. The summed E-state index contributed by atoms with van der Waals surface area (Å²) in [5.41, 5.74) is 4.32. The highest BCUT2D eigenvalue weighted by atomic mass is 16.4. The van der Waals surface area contributed by atoms with Crippen molar-refractivity contribution in [3.05, 3.63) is 35.4 Å². The molecule has 0 heterocycles. The summed E-state index contributed by atoms with van der Waals surface area (Å²) in [5, 5.41) is 48.9. The predicted octanol–water partition coefficient (Wildman–Crippen LogP) is 2.69. The molecule has 0 aliphatic rings. The third kappa shape index (κ3) is 9.48.